The summed E-state index contributed by atoms with van der Waals surface area (Å²) in [5.41, 5.74) is 0.139. The van der Waals surface area contributed by atoms with Crippen molar-refractivity contribution in [2.75, 3.05) is 6.54 Å². The maximum atomic E-state index is 14.4. The minimum atomic E-state index is -1.38. The van der Waals surface area contributed by atoms with Crippen molar-refractivity contribution in [1.29, 1.82) is 0 Å². The third-order valence-corrected chi connectivity index (χ3v) is 9.99. The molecule has 2 aromatic carbocycles. The Kier molecular flexibility index (Phi) is 11.1. The summed E-state index contributed by atoms with van der Waals surface area (Å²) in [6.07, 6.45) is 4.46. The standard InChI is InChI=1S/C37H46N4O9/c1-21(2)30(39-33(44)31(38-22(3)42)24-9-5-4-6-10-24)34(45)41-20-26(19-28(41)32(43)40-37(17-18-37)36(48)49)50-29-12-8-7-11-27(29)23-13-15-25(16-14-23)35(46)47/h7-8,11-16,21,24,26,28,30-31H,4-6,9-10,17-20H2,1-3H3,(H,38,42)(H,39,44)(H,40,43)(H,46,47)(H,48,49)/t26-,28?,30+,31+/m1/s1. The first-order valence-corrected chi connectivity index (χ1v) is 17.3. The van der Waals surface area contributed by atoms with Gasteiger partial charge in [-0.2, -0.15) is 0 Å². The summed E-state index contributed by atoms with van der Waals surface area (Å²) in [7, 11) is 0. The molecule has 50 heavy (non-hydrogen) atoms. The van der Waals surface area contributed by atoms with Gasteiger partial charge >= 0.3 is 11.9 Å². The van der Waals surface area contributed by atoms with Gasteiger partial charge in [0.25, 0.3) is 0 Å². The zero-order chi connectivity index (χ0) is 36.2. The predicted octanol–water partition coefficient (Wildman–Crippen LogP) is 3.36. The Labute approximate surface area is 291 Å². The van der Waals surface area contributed by atoms with Gasteiger partial charge in [0.1, 0.15) is 35.5 Å². The SMILES string of the molecule is CC(=O)N[C@H](C(=O)N[C@H](C(=O)N1C[C@H](Oc2ccccc2-c2ccc(C(=O)O)cc2)CC1C(=O)NC1(C(=O)O)CC1)C(C)C)C1CCCCC1. The molecule has 0 bridgehead atoms. The van der Waals surface area contributed by atoms with Crippen LogP contribution in [0.15, 0.2) is 48.5 Å². The molecule has 1 unspecified atom stereocenters. The number of aliphatic carboxylic acids is 1. The smallest absolute Gasteiger partial charge is 0.335 e. The van der Waals surface area contributed by atoms with Gasteiger partial charge < -0.3 is 35.8 Å². The maximum Gasteiger partial charge on any atom is 0.335 e. The number of nitrogens with one attached hydrogen (secondary N) is 3. The zero-order valence-corrected chi connectivity index (χ0v) is 28.6. The van der Waals surface area contributed by atoms with Crippen LogP contribution in [-0.4, -0.2) is 87.0 Å². The van der Waals surface area contributed by atoms with Gasteiger partial charge in [0.15, 0.2) is 0 Å². The van der Waals surface area contributed by atoms with Crippen LogP contribution in [0.2, 0.25) is 0 Å². The van der Waals surface area contributed by atoms with Crippen molar-refractivity contribution in [1.82, 2.24) is 20.9 Å². The number of aromatic carboxylic acids is 1. The number of hydrogen-bond donors (Lipinski definition) is 5. The van der Waals surface area contributed by atoms with E-state index in [9.17, 15) is 39.0 Å². The number of benzene rings is 2. The molecule has 13 heteroatoms. The first-order valence-electron chi connectivity index (χ1n) is 17.3. The lowest BCUT2D eigenvalue weighted by molar-refractivity contribution is -0.146. The Morgan fingerprint density at radius 2 is 1.56 bits per heavy atom. The van der Waals surface area contributed by atoms with Gasteiger partial charge in [0.05, 0.1) is 12.1 Å². The van der Waals surface area contributed by atoms with Crippen LogP contribution < -0.4 is 20.7 Å². The van der Waals surface area contributed by atoms with E-state index in [0.29, 0.717) is 16.9 Å². The van der Waals surface area contributed by atoms with Gasteiger partial charge in [-0.1, -0.05) is 63.4 Å². The lowest BCUT2D eigenvalue weighted by Gasteiger charge is -2.34. The van der Waals surface area contributed by atoms with E-state index < -0.39 is 59.4 Å². The second kappa shape index (κ2) is 15.3. The van der Waals surface area contributed by atoms with Crippen molar-refractivity contribution in [3.63, 3.8) is 0 Å². The molecule has 1 heterocycles. The highest BCUT2D eigenvalue weighted by Gasteiger charge is 2.54. The van der Waals surface area contributed by atoms with Gasteiger partial charge in [-0.3, -0.25) is 19.2 Å². The number of nitrogens with zero attached hydrogens (tertiary/aromatic N) is 1. The van der Waals surface area contributed by atoms with Crippen molar-refractivity contribution in [3.05, 3.63) is 54.1 Å². The van der Waals surface area contributed by atoms with E-state index in [1.807, 2.05) is 12.1 Å². The number of carbonyl (C=O) groups excluding carboxylic acids is 4. The van der Waals surface area contributed by atoms with E-state index in [-0.39, 0.29) is 49.1 Å². The number of hydrogen-bond acceptors (Lipinski definition) is 7. The Bertz CT molecular complexity index is 1610. The second-order valence-corrected chi connectivity index (χ2v) is 14.0. The summed E-state index contributed by atoms with van der Waals surface area (Å²) in [5.74, 6) is -4.12. The Balaban J connectivity index is 1.40. The van der Waals surface area contributed by atoms with Crippen LogP contribution in [0.1, 0.15) is 82.5 Å². The minimum absolute atomic E-state index is 0.0138. The van der Waals surface area contributed by atoms with Gasteiger partial charge in [-0.05, 0) is 61.3 Å². The number of carboxylic acids is 2. The predicted molar refractivity (Wildman–Crippen MR) is 182 cm³/mol. The number of carbonyl (C=O) groups is 6. The molecule has 0 radical (unpaired) electrons. The quantitative estimate of drug-likeness (QED) is 0.210. The zero-order valence-electron chi connectivity index (χ0n) is 28.6. The topological polar surface area (TPSA) is 191 Å². The Hall–Kier alpha value is -4.94. The highest BCUT2D eigenvalue weighted by molar-refractivity contribution is 5.97. The number of likely N-dealkylation sites (tertiary alicyclic amines) is 1. The van der Waals surface area contributed by atoms with E-state index in [0.717, 1.165) is 32.1 Å². The van der Waals surface area contributed by atoms with Crippen LogP contribution in [0.4, 0.5) is 0 Å². The summed E-state index contributed by atoms with van der Waals surface area (Å²) in [4.78, 5) is 78.6. The molecule has 0 spiro atoms. The molecule has 268 valence electrons. The number of carboxylic acid groups (broad SMARTS) is 2. The number of ether oxygens (including phenoxy) is 1. The summed E-state index contributed by atoms with van der Waals surface area (Å²) in [5, 5.41) is 27.4. The number of para-hydroxylation sites is 1. The van der Waals surface area contributed by atoms with Crippen molar-refractivity contribution in [3.8, 4) is 16.9 Å². The van der Waals surface area contributed by atoms with Gasteiger partial charge in [-0.25, -0.2) is 9.59 Å². The fourth-order valence-electron chi connectivity index (χ4n) is 7.01. The average Bonchev–Trinajstić information content (AvgIpc) is 3.76. The van der Waals surface area contributed by atoms with Crippen LogP contribution in [0, 0.1) is 11.8 Å². The monoisotopic (exact) mass is 690 g/mol. The van der Waals surface area contributed by atoms with E-state index >= 15 is 0 Å². The highest BCUT2D eigenvalue weighted by atomic mass is 16.5. The molecule has 1 aliphatic heterocycles. The lowest BCUT2D eigenvalue weighted by Crippen LogP contribution is -2.60. The van der Waals surface area contributed by atoms with Crippen LogP contribution in [0.25, 0.3) is 11.1 Å². The number of rotatable bonds is 13. The fraction of sp³-hybridized carbons (Fsp3) is 0.514. The van der Waals surface area contributed by atoms with Gasteiger partial charge in [-0.15, -0.1) is 0 Å². The van der Waals surface area contributed by atoms with Crippen LogP contribution in [0.3, 0.4) is 0 Å². The molecule has 0 aromatic heterocycles. The lowest BCUT2D eigenvalue weighted by atomic mass is 9.83. The van der Waals surface area contributed by atoms with Gasteiger partial charge in [0.2, 0.25) is 23.6 Å². The molecule has 2 aliphatic carbocycles. The van der Waals surface area contributed by atoms with Gasteiger partial charge in [0, 0.05) is 18.9 Å². The van der Waals surface area contributed by atoms with E-state index in [1.165, 1.54) is 24.0 Å². The van der Waals surface area contributed by atoms with Crippen molar-refractivity contribution >= 4 is 35.6 Å². The van der Waals surface area contributed by atoms with Crippen molar-refractivity contribution < 1.29 is 43.7 Å². The van der Waals surface area contributed by atoms with Crippen LogP contribution >= 0.6 is 0 Å². The summed E-state index contributed by atoms with van der Waals surface area (Å²) in [6, 6.07) is 10.6. The molecule has 5 rings (SSSR count). The molecule has 3 fully saturated rings. The van der Waals surface area contributed by atoms with E-state index in [4.69, 9.17) is 4.74 Å². The van der Waals surface area contributed by atoms with Crippen LogP contribution in [-0.2, 0) is 24.0 Å². The fourth-order valence-corrected chi connectivity index (χ4v) is 7.01. The largest absolute Gasteiger partial charge is 0.488 e. The molecule has 4 amide bonds. The Morgan fingerprint density at radius 3 is 2.14 bits per heavy atom. The molecular formula is C37H46N4O9. The maximum absolute atomic E-state index is 14.4. The minimum Gasteiger partial charge on any atom is -0.488 e. The van der Waals surface area contributed by atoms with E-state index in [1.54, 1.807) is 38.1 Å². The van der Waals surface area contributed by atoms with E-state index in [2.05, 4.69) is 16.0 Å². The normalized spacial score (nSPS) is 21.1. The molecular weight excluding hydrogens is 644 g/mol. The Morgan fingerprint density at radius 1 is 0.900 bits per heavy atom. The summed E-state index contributed by atoms with van der Waals surface area (Å²) >= 11 is 0. The molecule has 2 aromatic rings. The molecule has 5 N–H and O–H groups in total. The van der Waals surface area contributed by atoms with Crippen LogP contribution in [0.5, 0.6) is 5.75 Å². The third-order valence-electron chi connectivity index (χ3n) is 9.99. The second-order valence-electron chi connectivity index (χ2n) is 14.0. The number of amides is 4. The van der Waals surface area contributed by atoms with Crippen molar-refractivity contribution in [2.45, 2.75) is 102 Å². The third kappa shape index (κ3) is 8.26. The van der Waals surface area contributed by atoms with Crippen molar-refractivity contribution in [2.24, 2.45) is 11.8 Å². The molecule has 4 atom stereocenters. The average molecular weight is 691 g/mol. The molecule has 13 nitrogen and oxygen atoms in total. The summed E-state index contributed by atoms with van der Waals surface area (Å²) < 4.78 is 6.43. The highest BCUT2D eigenvalue weighted by Crippen LogP contribution is 2.37. The molecule has 3 aliphatic rings. The molecule has 1 saturated heterocycles. The first kappa shape index (κ1) is 36.3. The molecule has 2 saturated carbocycles. The first-order chi connectivity index (χ1) is 23.8. The summed E-state index contributed by atoms with van der Waals surface area (Å²) in [6.45, 7) is 4.91.